The Morgan fingerprint density at radius 3 is 2.60 bits per heavy atom. The Labute approximate surface area is 147 Å². The van der Waals surface area contributed by atoms with Crippen molar-refractivity contribution < 1.29 is 24.4 Å². The van der Waals surface area contributed by atoms with Crippen LogP contribution in [0.1, 0.15) is 49.4 Å². The van der Waals surface area contributed by atoms with E-state index in [4.69, 9.17) is 0 Å². The Bertz CT molecular complexity index is 669. The highest BCUT2D eigenvalue weighted by Crippen LogP contribution is 2.23. The van der Waals surface area contributed by atoms with Crippen molar-refractivity contribution in [3.8, 4) is 0 Å². The van der Waals surface area contributed by atoms with Crippen LogP contribution in [0.3, 0.4) is 0 Å². The third kappa shape index (κ3) is 3.50. The number of amides is 2. The number of hydrogen-bond donors (Lipinski definition) is 2. The van der Waals surface area contributed by atoms with Gasteiger partial charge in [-0.05, 0) is 50.5 Å². The van der Waals surface area contributed by atoms with Gasteiger partial charge in [0.2, 0.25) is 5.91 Å². The Balaban J connectivity index is 1.80. The maximum absolute atomic E-state index is 12.9. The molecule has 0 aliphatic carbocycles. The molecule has 2 aliphatic rings. The van der Waals surface area contributed by atoms with Crippen molar-refractivity contribution in [2.24, 2.45) is 0 Å². The number of anilines is 1. The Kier molecular flexibility index (Phi) is 5.30. The third-order valence-electron chi connectivity index (χ3n) is 5.40. The second-order valence-electron chi connectivity index (χ2n) is 6.96. The fourth-order valence-corrected chi connectivity index (χ4v) is 4.09. The van der Waals surface area contributed by atoms with E-state index < -0.39 is 0 Å². The molecule has 2 saturated heterocycles. The quantitative estimate of drug-likeness (QED) is 0.596. The van der Waals surface area contributed by atoms with Crippen molar-refractivity contribution in [3.63, 3.8) is 0 Å². The minimum absolute atomic E-state index is 0.0480. The summed E-state index contributed by atoms with van der Waals surface area (Å²) in [4.78, 5) is 39.2. The summed E-state index contributed by atoms with van der Waals surface area (Å²) < 4.78 is 0. The number of nitrogens with one attached hydrogen (secondary N) is 1. The molecule has 3 rings (SSSR count). The number of ketones is 1. The number of rotatable bonds is 5. The SMILES string of the molecule is CC(=O)c1ccc(N2C(=O)C[C@@H]([NH+]3CCCC[C@@H]3CCO)C2=O)cc1. The standard InChI is InChI=1S/C19H24N2O4/c1-13(23)14-5-7-16(8-6-14)21-18(24)12-17(19(21)25)20-10-3-2-4-15(20)9-11-22/h5-8,15,17,22H,2-4,9-12H2,1H3/p+1/t15-,17-/m1/s1. The number of aliphatic hydroxyl groups is 1. The molecule has 2 N–H and O–H groups in total. The second kappa shape index (κ2) is 7.45. The summed E-state index contributed by atoms with van der Waals surface area (Å²) in [6, 6.07) is 6.48. The van der Waals surface area contributed by atoms with E-state index >= 15 is 0 Å². The highest BCUT2D eigenvalue weighted by atomic mass is 16.3. The summed E-state index contributed by atoms with van der Waals surface area (Å²) >= 11 is 0. The molecule has 2 aliphatic heterocycles. The van der Waals surface area contributed by atoms with E-state index in [0.717, 1.165) is 30.7 Å². The van der Waals surface area contributed by atoms with Crippen LogP contribution in [0.15, 0.2) is 24.3 Å². The fraction of sp³-hybridized carbons (Fsp3) is 0.526. The average molecular weight is 345 g/mol. The van der Waals surface area contributed by atoms with Crippen LogP contribution in [0.4, 0.5) is 5.69 Å². The summed E-state index contributed by atoms with van der Waals surface area (Å²) in [7, 11) is 0. The van der Waals surface area contributed by atoms with Crippen molar-refractivity contribution >= 4 is 23.3 Å². The number of carbonyl (C=O) groups excluding carboxylic acids is 3. The van der Waals surface area contributed by atoms with Gasteiger partial charge >= 0.3 is 0 Å². The average Bonchev–Trinajstić information content (AvgIpc) is 2.90. The van der Waals surface area contributed by atoms with E-state index in [0.29, 0.717) is 17.7 Å². The first-order chi connectivity index (χ1) is 12.0. The zero-order valence-electron chi connectivity index (χ0n) is 14.5. The van der Waals surface area contributed by atoms with Gasteiger partial charge in [0.15, 0.2) is 11.8 Å². The molecule has 6 heteroatoms. The van der Waals surface area contributed by atoms with E-state index in [-0.39, 0.29) is 42.7 Å². The molecule has 0 saturated carbocycles. The zero-order chi connectivity index (χ0) is 18.0. The largest absolute Gasteiger partial charge is 0.396 e. The smallest absolute Gasteiger partial charge is 0.292 e. The minimum Gasteiger partial charge on any atom is -0.396 e. The number of likely N-dealkylation sites (tertiary alicyclic amines) is 1. The van der Waals surface area contributed by atoms with Crippen LogP contribution in [-0.4, -0.2) is 47.9 Å². The number of imide groups is 1. The van der Waals surface area contributed by atoms with Crippen molar-refractivity contribution in [1.29, 1.82) is 0 Å². The molecule has 2 fully saturated rings. The molecule has 2 amide bonds. The van der Waals surface area contributed by atoms with E-state index in [9.17, 15) is 19.5 Å². The summed E-state index contributed by atoms with van der Waals surface area (Å²) in [5.74, 6) is -0.403. The van der Waals surface area contributed by atoms with Gasteiger partial charge in [-0.25, -0.2) is 4.90 Å². The van der Waals surface area contributed by atoms with Crippen LogP contribution in [0.5, 0.6) is 0 Å². The molecule has 1 aromatic carbocycles. The molecule has 2 heterocycles. The van der Waals surface area contributed by atoms with Gasteiger partial charge in [-0.2, -0.15) is 0 Å². The van der Waals surface area contributed by atoms with Gasteiger partial charge in [0.1, 0.15) is 0 Å². The first-order valence-corrected chi connectivity index (χ1v) is 8.97. The monoisotopic (exact) mass is 345 g/mol. The van der Waals surface area contributed by atoms with Gasteiger partial charge in [0, 0.05) is 18.6 Å². The zero-order valence-corrected chi connectivity index (χ0v) is 14.5. The summed E-state index contributed by atoms with van der Waals surface area (Å²) in [5, 5.41) is 9.29. The fourth-order valence-electron chi connectivity index (χ4n) is 4.09. The molecule has 0 aromatic heterocycles. The number of benzene rings is 1. The lowest BCUT2D eigenvalue weighted by Gasteiger charge is -2.35. The molecule has 25 heavy (non-hydrogen) atoms. The van der Waals surface area contributed by atoms with Crippen LogP contribution in [0, 0.1) is 0 Å². The summed E-state index contributed by atoms with van der Waals surface area (Å²) in [6.45, 7) is 2.46. The Hall–Kier alpha value is -2.05. The summed E-state index contributed by atoms with van der Waals surface area (Å²) in [6.07, 6.45) is 4.02. The molecule has 3 atom stereocenters. The highest BCUT2D eigenvalue weighted by molar-refractivity contribution is 6.22. The molecule has 1 unspecified atom stereocenters. The van der Waals surface area contributed by atoms with Gasteiger partial charge in [0.05, 0.1) is 24.7 Å². The third-order valence-corrected chi connectivity index (χ3v) is 5.40. The number of carbonyl (C=O) groups is 3. The number of aliphatic hydroxyl groups excluding tert-OH is 1. The summed E-state index contributed by atoms with van der Waals surface area (Å²) in [5.41, 5.74) is 1.08. The van der Waals surface area contributed by atoms with Gasteiger partial charge < -0.3 is 10.0 Å². The van der Waals surface area contributed by atoms with Gasteiger partial charge in [-0.3, -0.25) is 14.4 Å². The molecular formula is C19H25N2O4+. The molecular weight excluding hydrogens is 320 g/mol. The van der Waals surface area contributed by atoms with Crippen molar-refractivity contribution in [3.05, 3.63) is 29.8 Å². The number of hydrogen-bond acceptors (Lipinski definition) is 4. The Morgan fingerprint density at radius 1 is 1.24 bits per heavy atom. The normalized spacial score (nSPS) is 27.0. The van der Waals surface area contributed by atoms with E-state index in [1.165, 1.54) is 11.8 Å². The first kappa shape index (κ1) is 17.8. The maximum atomic E-state index is 12.9. The predicted octanol–water partition coefficient (Wildman–Crippen LogP) is 0.341. The predicted molar refractivity (Wildman–Crippen MR) is 92.5 cm³/mol. The molecule has 134 valence electrons. The lowest BCUT2D eigenvalue weighted by Crippen LogP contribution is -3.20. The number of Topliss-reactive ketones (excluding diaryl/α,β-unsaturated/α-hetero) is 1. The topological polar surface area (TPSA) is 79.1 Å². The lowest BCUT2D eigenvalue weighted by molar-refractivity contribution is -0.945. The molecule has 1 aromatic rings. The van der Waals surface area contributed by atoms with Crippen LogP contribution < -0.4 is 9.80 Å². The highest BCUT2D eigenvalue weighted by Gasteiger charge is 2.48. The van der Waals surface area contributed by atoms with E-state index in [1.807, 2.05) is 0 Å². The molecule has 6 nitrogen and oxygen atoms in total. The van der Waals surface area contributed by atoms with Gasteiger partial charge in [-0.1, -0.05) is 0 Å². The number of quaternary nitrogens is 1. The molecule has 0 radical (unpaired) electrons. The van der Waals surface area contributed by atoms with Crippen LogP contribution >= 0.6 is 0 Å². The van der Waals surface area contributed by atoms with Crippen molar-refractivity contribution in [2.45, 2.75) is 51.1 Å². The van der Waals surface area contributed by atoms with Crippen LogP contribution in [0.25, 0.3) is 0 Å². The minimum atomic E-state index is -0.364. The van der Waals surface area contributed by atoms with Gasteiger partial charge in [-0.15, -0.1) is 0 Å². The van der Waals surface area contributed by atoms with Crippen LogP contribution in [-0.2, 0) is 9.59 Å². The molecule has 0 spiro atoms. The van der Waals surface area contributed by atoms with E-state index in [1.54, 1.807) is 24.3 Å². The van der Waals surface area contributed by atoms with Crippen molar-refractivity contribution in [2.75, 3.05) is 18.1 Å². The van der Waals surface area contributed by atoms with Gasteiger partial charge in [0.25, 0.3) is 5.91 Å². The number of piperidine rings is 1. The molecule has 0 bridgehead atoms. The van der Waals surface area contributed by atoms with Crippen molar-refractivity contribution in [1.82, 2.24) is 0 Å². The number of nitrogens with zero attached hydrogens (tertiary/aromatic N) is 1. The van der Waals surface area contributed by atoms with E-state index in [2.05, 4.69) is 0 Å². The maximum Gasteiger partial charge on any atom is 0.292 e. The second-order valence-corrected chi connectivity index (χ2v) is 6.96. The Morgan fingerprint density at radius 2 is 1.96 bits per heavy atom. The van der Waals surface area contributed by atoms with Crippen LogP contribution in [0.2, 0.25) is 0 Å². The lowest BCUT2D eigenvalue weighted by atomic mass is 9.97. The first-order valence-electron chi connectivity index (χ1n) is 8.97.